The lowest BCUT2D eigenvalue weighted by molar-refractivity contribution is 0.0924. The number of halogens is 1. The van der Waals surface area contributed by atoms with Gasteiger partial charge in [0.2, 0.25) is 0 Å². The number of carbonyl (C=O) groups excluding carboxylic acids is 1. The minimum absolute atomic E-state index is 0.0261. The topological polar surface area (TPSA) is 40.9 Å². The summed E-state index contributed by atoms with van der Waals surface area (Å²) >= 11 is 5.72. The predicted octanol–water partition coefficient (Wildman–Crippen LogP) is 3.32. The summed E-state index contributed by atoms with van der Waals surface area (Å²) in [7, 11) is 0. The van der Waals surface area contributed by atoms with Crippen molar-refractivity contribution in [2.75, 3.05) is 0 Å². The van der Waals surface area contributed by atoms with E-state index < -0.39 is 5.92 Å². The van der Waals surface area contributed by atoms with Crippen molar-refractivity contribution in [3.63, 3.8) is 0 Å². The van der Waals surface area contributed by atoms with Crippen molar-refractivity contribution in [1.82, 2.24) is 0 Å². The number of benzene rings is 1. The second-order valence-electron chi connectivity index (χ2n) is 3.72. The molecule has 15 heavy (non-hydrogen) atoms. The number of ketones is 1. The van der Waals surface area contributed by atoms with Crippen LogP contribution in [0.15, 0.2) is 24.3 Å². The third-order valence-corrected chi connectivity index (χ3v) is 2.47. The molecular weight excluding hydrogens is 210 g/mol. The Kier molecular flexibility index (Phi) is 3.88. The van der Waals surface area contributed by atoms with Gasteiger partial charge in [-0.05, 0) is 30.2 Å². The Labute approximate surface area is 94.5 Å². The van der Waals surface area contributed by atoms with Crippen LogP contribution in [0.25, 0.3) is 0 Å². The van der Waals surface area contributed by atoms with Gasteiger partial charge >= 0.3 is 0 Å². The molecule has 0 saturated heterocycles. The third-order valence-electron chi connectivity index (χ3n) is 2.22. The standard InChI is InChI=1S/C12H12ClNO/c1-8(2)11(7-14)12(15)9-3-5-10(13)6-4-9/h3-6,8,11H,1-2H3. The first-order chi connectivity index (χ1) is 7.06. The highest BCUT2D eigenvalue weighted by molar-refractivity contribution is 6.30. The molecule has 2 nitrogen and oxygen atoms in total. The number of rotatable bonds is 3. The summed E-state index contributed by atoms with van der Waals surface area (Å²) in [4.78, 5) is 11.9. The SMILES string of the molecule is CC(C)C(C#N)C(=O)c1ccc(Cl)cc1. The maximum Gasteiger partial charge on any atom is 0.180 e. The lowest BCUT2D eigenvalue weighted by Gasteiger charge is -2.11. The first-order valence-electron chi connectivity index (χ1n) is 4.75. The molecule has 0 aliphatic heterocycles. The van der Waals surface area contributed by atoms with Crippen LogP contribution < -0.4 is 0 Å². The molecule has 1 aromatic carbocycles. The Bertz CT molecular complexity index is 389. The van der Waals surface area contributed by atoms with E-state index in [1.54, 1.807) is 24.3 Å². The maximum atomic E-state index is 11.9. The number of nitriles is 1. The van der Waals surface area contributed by atoms with E-state index in [-0.39, 0.29) is 11.7 Å². The molecule has 0 fully saturated rings. The number of hydrogen-bond donors (Lipinski definition) is 0. The van der Waals surface area contributed by atoms with E-state index in [0.29, 0.717) is 10.6 Å². The summed E-state index contributed by atoms with van der Waals surface area (Å²) in [6, 6.07) is 8.64. The van der Waals surface area contributed by atoms with Gasteiger partial charge in [0.05, 0.1) is 6.07 Å². The largest absolute Gasteiger partial charge is 0.293 e. The van der Waals surface area contributed by atoms with Crippen LogP contribution in [0.2, 0.25) is 5.02 Å². The molecule has 0 N–H and O–H groups in total. The molecule has 0 aromatic heterocycles. The van der Waals surface area contributed by atoms with Crippen LogP contribution in [-0.2, 0) is 0 Å². The Morgan fingerprint density at radius 3 is 2.27 bits per heavy atom. The molecule has 1 rings (SSSR count). The predicted molar refractivity (Wildman–Crippen MR) is 59.7 cm³/mol. The van der Waals surface area contributed by atoms with E-state index >= 15 is 0 Å². The fraction of sp³-hybridized carbons (Fsp3) is 0.333. The smallest absolute Gasteiger partial charge is 0.180 e. The first-order valence-corrected chi connectivity index (χ1v) is 5.13. The Morgan fingerprint density at radius 1 is 1.33 bits per heavy atom. The zero-order valence-corrected chi connectivity index (χ0v) is 9.45. The van der Waals surface area contributed by atoms with Crippen LogP contribution in [-0.4, -0.2) is 5.78 Å². The number of carbonyl (C=O) groups is 1. The van der Waals surface area contributed by atoms with Gasteiger partial charge in [0.15, 0.2) is 5.78 Å². The minimum atomic E-state index is -0.578. The highest BCUT2D eigenvalue weighted by Crippen LogP contribution is 2.18. The number of hydrogen-bond acceptors (Lipinski definition) is 2. The van der Waals surface area contributed by atoms with Crippen molar-refractivity contribution in [2.24, 2.45) is 11.8 Å². The van der Waals surface area contributed by atoms with Crippen LogP contribution in [0, 0.1) is 23.2 Å². The molecule has 1 aromatic rings. The quantitative estimate of drug-likeness (QED) is 0.735. The van der Waals surface area contributed by atoms with E-state index in [1.165, 1.54) is 0 Å². The molecule has 1 unspecified atom stereocenters. The van der Waals surface area contributed by atoms with Crippen molar-refractivity contribution in [3.8, 4) is 6.07 Å². The van der Waals surface area contributed by atoms with Gasteiger partial charge in [0.1, 0.15) is 5.92 Å². The Balaban J connectivity index is 2.94. The fourth-order valence-corrected chi connectivity index (χ4v) is 1.43. The average molecular weight is 222 g/mol. The van der Waals surface area contributed by atoms with Gasteiger partial charge in [-0.1, -0.05) is 25.4 Å². The lowest BCUT2D eigenvalue weighted by atomic mass is 9.89. The van der Waals surface area contributed by atoms with Crippen molar-refractivity contribution >= 4 is 17.4 Å². The Hall–Kier alpha value is -1.33. The zero-order valence-electron chi connectivity index (χ0n) is 8.70. The third kappa shape index (κ3) is 2.81. The normalized spacial score (nSPS) is 12.2. The zero-order chi connectivity index (χ0) is 11.4. The van der Waals surface area contributed by atoms with E-state index in [1.807, 2.05) is 19.9 Å². The van der Waals surface area contributed by atoms with E-state index in [9.17, 15) is 4.79 Å². The van der Waals surface area contributed by atoms with E-state index in [2.05, 4.69) is 0 Å². The van der Waals surface area contributed by atoms with Gasteiger partial charge < -0.3 is 0 Å². The summed E-state index contributed by atoms with van der Waals surface area (Å²) in [5.41, 5.74) is 0.541. The monoisotopic (exact) mass is 221 g/mol. The molecule has 0 aliphatic carbocycles. The van der Waals surface area contributed by atoms with Crippen LogP contribution in [0.1, 0.15) is 24.2 Å². The molecule has 0 amide bonds. The van der Waals surface area contributed by atoms with Crippen LogP contribution in [0.5, 0.6) is 0 Å². The molecule has 0 heterocycles. The van der Waals surface area contributed by atoms with Gasteiger partial charge in [-0.3, -0.25) is 4.79 Å². The molecule has 78 valence electrons. The second-order valence-corrected chi connectivity index (χ2v) is 4.16. The van der Waals surface area contributed by atoms with Gasteiger partial charge in [0, 0.05) is 10.6 Å². The average Bonchev–Trinajstić information content (AvgIpc) is 2.19. The molecule has 1 atom stereocenters. The first kappa shape index (κ1) is 11.7. The van der Waals surface area contributed by atoms with Crippen LogP contribution in [0.4, 0.5) is 0 Å². The van der Waals surface area contributed by atoms with Gasteiger partial charge in [-0.25, -0.2) is 0 Å². The molecular formula is C12H12ClNO. The molecule has 0 aliphatic rings. The van der Waals surface area contributed by atoms with Gasteiger partial charge in [0.25, 0.3) is 0 Å². The second kappa shape index (κ2) is 4.95. The minimum Gasteiger partial charge on any atom is -0.293 e. The number of Topliss-reactive ketones (excluding diaryl/α,β-unsaturated/α-hetero) is 1. The summed E-state index contributed by atoms with van der Waals surface area (Å²) in [5, 5.41) is 9.47. The summed E-state index contributed by atoms with van der Waals surface area (Å²) in [5.74, 6) is -0.687. The molecule has 0 spiro atoms. The summed E-state index contributed by atoms with van der Waals surface area (Å²) < 4.78 is 0. The summed E-state index contributed by atoms with van der Waals surface area (Å²) in [6.07, 6.45) is 0. The van der Waals surface area contributed by atoms with Gasteiger partial charge in [-0.2, -0.15) is 5.26 Å². The highest BCUT2D eigenvalue weighted by Gasteiger charge is 2.22. The van der Waals surface area contributed by atoms with Crippen molar-refractivity contribution in [3.05, 3.63) is 34.9 Å². The molecule has 3 heteroatoms. The van der Waals surface area contributed by atoms with Crippen molar-refractivity contribution in [1.29, 1.82) is 5.26 Å². The van der Waals surface area contributed by atoms with Crippen LogP contribution in [0.3, 0.4) is 0 Å². The number of nitrogens with zero attached hydrogens (tertiary/aromatic N) is 1. The lowest BCUT2D eigenvalue weighted by Crippen LogP contribution is -2.18. The van der Waals surface area contributed by atoms with E-state index in [4.69, 9.17) is 16.9 Å². The van der Waals surface area contributed by atoms with Crippen molar-refractivity contribution in [2.45, 2.75) is 13.8 Å². The van der Waals surface area contributed by atoms with Crippen LogP contribution >= 0.6 is 11.6 Å². The maximum absolute atomic E-state index is 11.9. The summed E-state index contributed by atoms with van der Waals surface area (Å²) in [6.45, 7) is 3.73. The van der Waals surface area contributed by atoms with Crippen molar-refractivity contribution < 1.29 is 4.79 Å². The highest BCUT2D eigenvalue weighted by atomic mass is 35.5. The Morgan fingerprint density at radius 2 is 1.87 bits per heavy atom. The molecule has 0 saturated carbocycles. The molecule has 0 bridgehead atoms. The van der Waals surface area contributed by atoms with E-state index in [0.717, 1.165) is 0 Å². The fourth-order valence-electron chi connectivity index (χ4n) is 1.30. The molecule has 0 radical (unpaired) electrons. The van der Waals surface area contributed by atoms with Gasteiger partial charge in [-0.15, -0.1) is 0 Å².